The first-order chi connectivity index (χ1) is 6.15. The van der Waals surface area contributed by atoms with Gasteiger partial charge in [0.15, 0.2) is 0 Å². The van der Waals surface area contributed by atoms with Crippen molar-refractivity contribution in [3.63, 3.8) is 0 Å². The smallest absolute Gasteiger partial charge is 0.0965 e. The van der Waals surface area contributed by atoms with Gasteiger partial charge in [-0.1, -0.05) is 26.0 Å². The Morgan fingerprint density at radius 1 is 1.38 bits per heavy atom. The predicted octanol–water partition coefficient (Wildman–Crippen LogP) is 2.98. The Morgan fingerprint density at radius 2 is 2.08 bits per heavy atom. The minimum Gasteiger partial charge on any atom is -0.399 e. The molecule has 1 nitrogen and oxygen atoms in total. The maximum absolute atomic E-state index is 12.7. The van der Waals surface area contributed by atoms with Crippen LogP contribution in [0.25, 0.3) is 0 Å². The van der Waals surface area contributed by atoms with Crippen LogP contribution in [0.5, 0.6) is 0 Å². The Labute approximate surface area is 78.8 Å². The van der Waals surface area contributed by atoms with Gasteiger partial charge in [0, 0.05) is 11.6 Å². The lowest BCUT2D eigenvalue weighted by atomic mass is 9.89. The van der Waals surface area contributed by atoms with Gasteiger partial charge in [-0.25, -0.2) is 0 Å². The second kappa shape index (κ2) is 4.26. The monoisotopic (exact) mass is 181 g/mol. The van der Waals surface area contributed by atoms with Crippen LogP contribution in [0, 0.1) is 5.92 Å². The first-order valence-corrected chi connectivity index (χ1v) is 4.56. The third-order valence-electron chi connectivity index (χ3n) is 2.31. The number of nitrogens with two attached hydrogens (primary N) is 1. The van der Waals surface area contributed by atoms with Gasteiger partial charge in [-0.3, -0.25) is 4.39 Å². The molecule has 0 aliphatic carbocycles. The van der Waals surface area contributed by atoms with E-state index in [-0.39, 0.29) is 12.6 Å². The van der Waals surface area contributed by atoms with Crippen molar-refractivity contribution in [1.29, 1.82) is 0 Å². The van der Waals surface area contributed by atoms with Crippen LogP contribution in [0.3, 0.4) is 0 Å². The highest BCUT2D eigenvalue weighted by atomic mass is 19.1. The van der Waals surface area contributed by atoms with E-state index in [4.69, 9.17) is 5.73 Å². The lowest BCUT2D eigenvalue weighted by Gasteiger charge is -2.17. The highest BCUT2D eigenvalue weighted by molar-refractivity contribution is 5.42. The van der Waals surface area contributed by atoms with E-state index < -0.39 is 0 Å². The van der Waals surface area contributed by atoms with Crippen molar-refractivity contribution in [1.82, 2.24) is 0 Å². The van der Waals surface area contributed by atoms with E-state index in [1.807, 2.05) is 38.1 Å². The summed E-state index contributed by atoms with van der Waals surface area (Å²) < 4.78 is 12.7. The molecule has 1 aromatic carbocycles. The lowest BCUT2D eigenvalue weighted by molar-refractivity contribution is 0.366. The molecule has 0 amide bonds. The molecule has 0 radical (unpaired) electrons. The van der Waals surface area contributed by atoms with E-state index in [9.17, 15) is 4.39 Å². The van der Waals surface area contributed by atoms with Crippen LogP contribution in [-0.2, 0) is 0 Å². The Morgan fingerprint density at radius 3 is 2.54 bits per heavy atom. The molecule has 0 aliphatic rings. The maximum atomic E-state index is 12.7. The van der Waals surface area contributed by atoms with Gasteiger partial charge in [-0.15, -0.1) is 0 Å². The van der Waals surface area contributed by atoms with E-state index in [0.29, 0.717) is 11.6 Å². The Bertz CT molecular complexity index is 271. The normalized spacial score (nSPS) is 13.2. The van der Waals surface area contributed by atoms with Crippen LogP contribution in [0.2, 0.25) is 0 Å². The molecule has 1 unspecified atom stereocenters. The SMILES string of the molecule is CC(C)C(CF)c1cccc(N)c1. The van der Waals surface area contributed by atoms with Gasteiger partial charge in [0.25, 0.3) is 0 Å². The molecule has 0 saturated heterocycles. The number of halogens is 1. The van der Waals surface area contributed by atoms with Crippen molar-refractivity contribution in [2.24, 2.45) is 5.92 Å². The van der Waals surface area contributed by atoms with E-state index >= 15 is 0 Å². The van der Waals surface area contributed by atoms with Crippen molar-refractivity contribution >= 4 is 5.69 Å². The van der Waals surface area contributed by atoms with Gasteiger partial charge < -0.3 is 5.73 Å². The third kappa shape index (κ3) is 2.44. The molecule has 2 N–H and O–H groups in total. The Kier molecular flexibility index (Phi) is 3.29. The molecule has 0 fully saturated rings. The summed E-state index contributed by atoms with van der Waals surface area (Å²) in [6, 6.07) is 7.47. The first-order valence-electron chi connectivity index (χ1n) is 4.56. The van der Waals surface area contributed by atoms with Crippen LogP contribution in [0.4, 0.5) is 10.1 Å². The number of hydrogen-bond acceptors (Lipinski definition) is 1. The summed E-state index contributed by atoms with van der Waals surface area (Å²) in [7, 11) is 0. The molecule has 1 rings (SSSR count). The van der Waals surface area contributed by atoms with Crippen LogP contribution < -0.4 is 5.73 Å². The zero-order chi connectivity index (χ0) is 9.84. The average Bonchev–Trinajstić information content (AvgIpc) is 2.04. The van der Waals surface area contributed by atoms with Gasteiger partial charge in [0.05, 0.1) is 6.67 Å². The number of benzene rings is 1. The van der Waals surface area contributed by atoms with Crippen LogP contribution in [-0.4, -0.2) is 6.67 Å². The summed E-state index contributed by atoms with van der Waals surface area (Å²) in [4.78, 5) is 0. The van der Waals surface area contributed by atoms with Crippen LogP contribution in [0.1, 0.15) is 25.3 Å². The minimum atomic E-state index is -0.318. The average molecular weight is 181 g/mol. The van der Waals surface area contributed by atoms with E-state index in [0.717, 1.165) is 5.56 Å². The van der Waals surface area contributed by atoms with E-state index in [1.165, 1.54) is 0 Å². The molecule has 72 valence electrons. The molecule has 0 aliphatic heterocycles. The predicted molar refractivity (Wildman–Crippen MR) is 54.4 cm³/mol. The van der Waals surface area contributed by atoms with Gasteiger partial charge >= 0.3 is 0 Å². The second-order valence-electron chi connectivity index (χ2n) is 3.67. The van der Waals surface area contributed by atoms with Gasteiger partial charge in [0.1, 0.15) is 0 Å². The molecule has 0 heterocycles. The van der Waals surface area contributed by atoms with Crippen molar-refractivity contribution < 1.29 is 4.39 Å². The van der Waals surface area contributed by atoms with Gasteiger partial charge in [-0.2, -0.15) is 0 Å². The zero-order valence-electron chi connectivity index (χ0n) is 8.13. The summed E-state index contributed by atoms with van der Waals surface area (Å²) in [5.41, 5.74) is 7.33. The molecule has 0 saturated carbocycles. The van der Waals surface area contributed by atoms with Crippen molar-refractivity contribution in [2.45, 2.75) is 19.8 Å². The maximum Gasteiger partial charge on any atom is 0.0965 e. The number of nitrogen functional groups attached to an aromatic ring is 1. The van der Waals surface area contributed by atoms with E-state index in [1.54, 1.807) is 0 Å². The van der Waals surface area contributed by atoms with Crippen molar-refractivity contribution in [3.8, 4) is 0 Å². The molecule has 1 atom stereocenters. The molecule has 13 heavy (non-hydrogen) atoms. The molecule has 1 aromatic rings. The topological polar surface area (TPSA) is 26.0 Å². The quantitative estimate of drug-likeness (QED) is 0.713. The summed E-state index contributed by atoms with van der Waals surface area (Å²) in [5.74, 6) is 0.287. The third-order valence-corrected chi connectivity index (χ3v) is 2.31. The first kappa shape index (κ1) is 10.0. The minimum absolute atomic E-state index is 0.0245. The number of hydrogen-bond donors (Lipinski definition) is 1. The molecule has 2 heteroatoms. The molecule has 0 aromatic heterocycles. The molecule has 0 bridgehead atoms. The summed E-state index contributed by atoms with van der Waals surface area (Å²) in [6.07, 6.45) is 0. The fraction of sp³-hybridized carbons (Fsp3) is 0.455. The molecular formula is C11H16FN. The van der Waals surface area contributed by atoms with Gasteiger partial charge in [-0.05, 0) is 23.6 Å². The highest BCUT2D eigenvalue weighted by Gasteiger charge is 2.15. The summed E-state index contributed by atoms with van der Waals surface area (Å²) >= 11 is 0. The number of rotatable bonds is 3. The Hall–Kier alpha value is -1.05. The summed E-state index contributed by atoms with van der Waals surface area (Å²) in [6.45, 7) is 3.72. The van der Waals surface area contributed by atoms with Crippen LogP contribution >= 0.6 is 0 Å². The van der Waals surface area contributed by atoms with Gasteiger partial charge in [0.2, 0.25) is 0 Å². The number of anilines is 1. The standard InChI is InChI=1S/C11H16FN/c1-8(2)11(7-12)9-4-3-5-10(13)6-9/h3-6,8,11H,7,13H2,1-2H3. The van der Waals surface area contributed by atoms with Crippen molar-refractivity contribution in [3.05, 3.63) is 29.8 Å². The second-order valence-corrected chi connectivity index (χ2v) is 3.67. The van der Waals surface area contributed by atoms with E-state index in [2.05, 4.69) is 0 Å². The molecular weight excluding hydrogens is 165 g/mol. The Balaban J connectivity index is 2.91. The van der Waals surface area contributed by atoms with Crippen molar-refractivity contribution in [2.75, 3.05) is 12.4 Å². The molecule has 0 spiro atoms. The number of alkyl halides is 1. The summed E-state index contributed by atoms with van der Waals surface area (Å²) in [5, 5.41) is 0. The fourth-order valence-electron chi connectivity index (χ4n) is 1.44. The lowest BCUT2D eigenvalue weighted by Crippen LogP contribution is -2.09. The highest BCUT2D eigenvalue weighted by Crippen LogP contribution is 2.25. The zero-order valence-corrected chi connectivity index (χ0v) is 8.13. The largest absolute Gasteiger partial charge is 0.399 e. The fourth-order valence-corrected chi connectivity index (χ4v) is 1.44. The van der Waals surface area contributed by atoms with Crippen LogP contribution in [0.15, 0.2) is 24.3 Å².